The number of nitrogens with zero attached hydrogens (tertiary/aromatic N) is 3. The van der Waals surface area contributed by atoms with Crippen molar-refractivity contribution in [2.24, 2.45) is 0 Å². The number of hydrogen-bond acceptors (Lipinski definition) is 4. The van der Waals surface area contributed by atoms with Crippen LogP contribution in [0.2, 0.25) is 0 Å². The molecule has 0 aromatic rings. The summed E-state index contributed by atoms with van der Waals surface area (Å²) in [4.78, 5) is 16.3. The Morgan fingerprint density at radius 3 is 2.00 bits per heavy atom. The molecule has 1 unspecified atom stereocenters. The van der Waals surface area contributed by atoms with Gasteiger partial charge in [-0.25, -0.2) is 8.42 Å². The van der Waals surface area contributed by atoms with Crippen LogP contribution in [0.1, 0.15) is 19.8 Å². The van der Waals surface area contributed by atoms with Crippen molar-refractivity contribution in [3.8, 4) is 0 Å². The quantitative estimate of drug-likeness (QED) is 0.708. The highest BCUT2D eigenvalue weighted by atomic mass is 32.2. The van der Waals surface area contributed by atoms with Gasteiger partial charge in [-0.3, -0.25) is 9.69 Å². The first-order valence-electron chi connectivity index (χ1n) is 6.87. The molecule has 0 saturated carbocycles. The van der Waals surface area contributed by atoms with Crippen molar-refractivity contribution < 1.29 is 13.2 Å². The zero-order valence-corrected chi connectivity index (χ0v) is 12.5. The summed E-state index contributed by atoms with van der Waals surface area (Å²) in [6.45, 7) is 5.89. The van der Waals surface area contributed by atoms with Crippen LogP contribution in [-0.4, -0.2) is 80.0 Å². The molecule has 110 valence electrons. The van der Waals surface area contributed by atoms with Crippen LogP contribution < -0.4 is 0 Å². The van der Waals surface area contributed by atoms with Crippen LogP contribution in [0, 0.1) is 0 Å². The van der Waals surface area contributed by atoms with E-state index in [1.54, 1.807) is 0 Å². The minimum Gasteiger partial charge on any atom is -0.341 e. The van der Waals surface area contributed by atoms with Gasteiger partial charge in [0.05, 0.1) is 12.3 Å². The monoisotopic (exact) mass is 289 g/mol. The summed E-state index contributed by atoms with van der Waals surface area (Å²) in [6, 6.07) is -0.139. The van der Waals surface area contributed by atoms with Crippen molar-refractivity contribution >= 4 is 15.9 Å². The van der Waals surface area contributed by atoms with Crippen molar-refractivity contribution in [2.75, 3.05) is 45.5 Å². The Labute approximate surface area is 115 Å². The third-order valence-corrected chi connectivity index (χ3v) is 5.37. The minimum absolute atomic E-state index is 0.139. The molecule has 19 heavy (non-hydrogen) atoms. The number of rotatable bonds is 3. The molecule has 2 rings (SSSR count). The molecule has 2 aliphatic heterocycles. The van der Waals surface area contributed by atoms with E-state index >= 15 is 0 Å². The van der Waals surface area contributed by atoms with E-state index < -0.39 is 10.0 Å². The average Bonchev–Trinajstić information content (AvgIpc) is 2.90. The van der Waals surface area contributed by atoms with Gasteiger partial charge in [0.15, 0.2) is 0 Å². The first-order valence-corrected chi connectivity index (χ1v) is 8.72. The van der Waals surface area contributed by atoms with E-state index in [2.05, 4.69) is 4.90 Å². The van der Waals surface area contributed by atoms with Crippen LogP contribution >= 0.6 is 0 Å². The van der Waals surface area contributed by atoms with E-state index in [1.807, 2.05) is 11.8 Å². The molecule has 7 heteroatoms. The molecule has 2 fully saturated rings. The van der Waals surface area contributed by atoms with Crippen molar-refractivity contribution in [3.05, 3.63) is 0 Å². The van der Waals surface area contributed by atoms with Gasteiger partial charge >= 0.3 is 0 Å². The summed E-state index contributed by atoms with van der Waals surface area (Å²) in [5.41, 5.74) is 0. The van der Waals surface area contributed by atoms with Gasteiger partial charge in [0.25, 0.3) is 0 Å². The zero-order valence-electron chi connectivity index (χ0n) is 11.7. The topological polar surface area (TPSA) is 60.9 Å². The molecular weight excluding hydrogens is 266 g/mol. The SMILES string of the molecule is CC(C(=O)N1CCCC1)N1CCN(S(C)(=O)=O)CC1. The smallest absolute Gasteiger partial charge is 0.239 e. The average molecular weight is 289 g/mol. The van der Waals surface area contributed by atoms with Gasteiger partial charge in [-0.15, -0.1) is 0 Å². The Balaban J connectivity index is 1.88. The minimum atomic E-state index is -3.10. The van der Waals surface area contributed by atoms with Crippen molar-refractivity contribution in [2.45, 2.75) is 25.8 Å². The summed E-state index contributed by atoms with van der Waals surface area (Å²) in [5, 5.41) is 0. The number of carbonyl (C=O) groups excluding carboxylic acids is 1. The molecule has 0 spiro atoms. The van der Waals surface area contributed by atoms with Gasteiger partial charge in [-0.05, 0) is 19.8 Å². The second-order valence-corrected chi connectivity index (χ2v) is 7.39. The maximum absolute atomic E-state index is 12.3. The number of sulfonamides is 1. The number of piperazine rings is 1. The van der Waals surface area contributed by atoms with Crippen LogP contribution in [0.25, 0.3) is 0 Å². The van der Waals surface area contributed by atoms with Crippen molar-refractivity contribution in [3.63, 3.8) is 0 Å². The summed E-state index contributed by atoms with van der Waals surface area (Å²) in [7, 11) is -3.10. The Hall–Kier alpha value is -0.660. The van der Waals surface area contributed by atoms with Crippen molar-refractivity contribution in [1.82, 2.24) is 14.1 Å². The molecule has 0 aromatic heterocycles. The fourth-order valence-corrected chi connectivity index (χ4v) is 3.61. The summed E-state index contributed by atoms with van der Waals surface area (Å²) >= 11 is 0. The predicted molar refractivity (Wildman–Crippen MR) is 73.3 cm³/mol. The molecule has 2 aliphatic rings. The Morgan fingerprint density at radius 1 is 1.00 bits per heavy atom. The molecule has 2 saturated heterocycles. The van der Waals surface area contributed by atoms with Crippen LogP contribution in [0.3, 0.4) is 0 Å². The van der Waals surface area contributed by atoms with Crippen molar-refractivity contribution in [1.29, 1.82) is 0 Å². The third-order valence-electron chi connectivity index (χ3n) is 4.07. The van der Waals surface area contributed by atoms with E-state index in [1.165, 1.54) is 10.6 Å². The lowest BCUT2D eigenvalue weighted by Gasteiger charge is -2.37. The lowest BCUT2D eigenvalue weighted by molar-refractivity contribution is -0.135. The largest absolute Gasteiger partial charge is 0.341 e. The highest BCUT2D eigenvalue weighted by Crippen LogP contribution is 2.14. The normalized spacial score (nSPS) is 24.6. The molecule has 6 nitrogen and oxygen atoms in total. The highest BCUT2D eigenvalue weighted by molar-refractivity contribution is 7.88. The fourth-order valence-electron chi connectivity index (χ4n) is 2.78. The third kappa shape index (κ3) is 3.46. The van der Waals surface area contributed by atoms with Gasteiger partial charge < -0.3 is 4.90 Å². The van der Waals surface area contributed by atoms with Gasteiger partial charge in [-0.1, -0.05) is 0 Å². The molecule has 0 bridgehead atoms. The van der Waals surface area contributed by atoms with Gasteiger partial charge in [0, 0.05) is 39.3 Å². The number of hydrogen-bond donors (Lipinski definition) is 0. The number of amides is 1. The molecular formula is C12H23N3O3S. The van der Waals surface area contributed by atoms with E-state index in [9.17, 15) is 13.2 Å². The summed E-state index contributed by atoms with van der Waals surface area (Å²) in [6.07, 6.45) is 3.43. The van der Waals surface area contributed by atoms with Crippen LogP contribution in [0.4, 0.5) is 0 Å². The standard InChI is InChI=1S/C12H23N3O3S/c1-11(12(16)14-5-3-4-6-14)13-7-9-15(10-8-13)19(2,17)18/h11H,3-10H2,1-2H3. The molecule has 1 amide bonds. The first-order chi connectivity index (χ1) is 8.89. The van der Waals surface area contributed by atoms with Gasteiger partial charge in [0.2, 0.25) is 15.9 Å². The Morgan fingerprint density at radius 2 is 1.53 bits per heavy atom. The van der Waals surface area contributed by atoms with E-state index in [0.717, 1.165) is 25.9 Å². The van der Waals surface area contributed by atoms with Crippen LogP contribution in [0.15, 0.2) is 0 Å². The van der Waals surface area contributed by atoms with Crippen LogP contribution in [-0.2, 0) is 14.8 Å². The second-order valence-electron chi connectivity index (χ2n) is 5.41. The fraction of sp³-hybridized carbons (Fsp3) is 0.917. The summed E-state index contributed by atoms with van der Waals surface area (Å²) in [5.74, 6) is 0.185. The zero-order chi connectivity index (χ0) is 14.0. The van der Waals surface area contributed by atoms with Crippen LogP contribution in [0.5, 0.6) is 0 Å². The highest BCUT2D eigenvalue weighted by Gasteiger charge is 2.31. The lowest BCUT2D eigenvalue weighted by atomic mass is 10.2. The molecule has 0 aromatic carbocycles. The molecule has 1 atom stereocenters. The second kappa shape index (κ2) is 5.76. The maximum atomic E-state index is 12.3. The maximum Gasteiger partial charge on any atom is 0.239 e. The van der Waals surface area contributed by atoms with E-state index in [-0.39, 0.29) is 11.9 Å². The molecule has 0 radical (unpaired) electrons. The van der Waals surface area contributed by atoms with E-state index in [4.69, 9.17) is 0 Å². The Kier molecular flexibility index (Phi) is 4.47. The lowest BCUT2D eigenvalue weighted by Crippen LogP contribution is -2.55. The number of likely N-dealkylation sites (tertiary alicyclic amines) is 1. The first kappa shape index (κ1) is 14.7. The molecule has 0 aliphatic carbocycles. The Bertz CT molecular complexity index is 424. The number of carbonyl (C=O) groups is 1. The summed E-state index contributed by atoms with van der Waals surface area (Å²) < 4.78 is 24.4. The van der Waals surface area contributed by atoms with Gasteiger partial charge in [-0.2, -0.15) is 4.31 Å². The molecule has 2 heterocycles. The molecule has 0 N–H and O–H groups in total. The predicted octanol–water partition coefficient (Wildman–Crippen LogP) is -0.425. The van der Waals surface area contributed by atoms with Gasteiger partial charge in [0.1, 0.15) is 0 Å². The van der Waals surface area contributed by atoms with E-state index in [0.29, 0.717) is 26.2 Å².